The average molecular weight is 282 g/mol. The van der Waals surface area contributed by atoms with Gasteiger partial charge in [0.25, 0.3) is 0 Å². The van der Waals surface area contributed by atoms with Gasteiger partial charge in [-0.25, -0.2) is 8.78 Å². The fourth-order valence-corrected chi connectivity index (χ4v) is 3.13. The second-order valence-corrected chi connectivity index (χ2v) is 5.41. The molecule has 0 bridgehead atoms. The average Bonchev–Trinajstić information content (AvgIpc) is 2.67. The van der Waals surface area contributed by atoms with Crippen molar-refractivity contribution in [2.75, 3.05) is 44.5 Å². The molecule has 0 amide bonds. The summed E-state index contributed by atoms with van der Waals surface area (Å²) in [5.74, 6) is 0.913. The van der Waals surface area contributed by atoms with Gasteiger partial charge in [0.15, 0.2) is 0 Å². The number of piperazine rings is 1. The van der Waals surface area contributed by atoms with Gasteiger partial charge in [0.05, 0.1) is 18.3 Å². The fraction of sp³-hybridized carbons (Fsp3) is 0.600. The zero-order chi connectivity index (χ0) is 13.9. The molecule has 1 aromatic carbocycles. The van der Waals surface area contributed by atoms with E-state index in [0.29, 0.717) is 19.7 Å². The van der Waals surface area contributed by atoms with E-state index in [9.17, 15) is 8.78 Å². The van der Waals surface area contributed by atoms with Gasteiger partial charge < -0.3 is 9.64 Å². The van der Waals surface area contributed by atoms with E-state index in [1.165, 1.54) is 0 Å². The molecule has 1 saturated heterocycles. The molecule has 2 aliphatic heterocycles. The Bertz CT molecular complexity index is 453. The second kappa shape index (κ2) is 5.95. The fourth-order valence-electron chi connectivity index (χ4n) is 3.13. The molecule has 110 valence electrons. The third-order valence-corrected chi connectivity index (χ3v) is 4.27. The molecule has 1 fully saturated rings. The highest BCUT2D eigenvalue weighted by Crippen LogP contribution is 2.34. The van der Waals surface area contributed by atoms with Crippen molar-refractivity contribution < 1.29 is 13.5 Å². The van der Waals surface area contributed by atoms with E-state index >= 15 is 0 Å². The summed E-state index contributed by atoms with van der Waals surface area (Å²) in [6.45, 7) is 1.62. The molecular weight excluding hydrogens is 262 g/mol. The molecule has 1 atom stereocenters. The second-order valence-electron chi connectivity index (χ2n) is 5.41. The lowest BCUT2D eigenvalue weighted by molar-refractivity contribution is 0.111. The van der Waals surface area contributed by atoms with Crippen LogP contribution in [0.5, 0.6) is 5.75 Å². The summed E-state index contributed by atoms with van der Waals surface area (Å²) in [7, 11) is 0. The molecule has 2 aliphatic rings. The quantitative estimate of drug-likeness (QED) is 0.846. The van der Waals surface area contributed by atoms with E-state index in [4.69, 9.17) is 4.74 Å². The van der Waals surface area contributed by atoms with E-state index in [0.717, 1.165) is 24.4 Å². The molecular formula is C15H20F2N2O. The van der Waals surface area contributed by atoms with Crippen molar-refractivity contribution in [2.24, 2.45) is 0 Å². The van der Waals surface area contributed by atoms with Gasteiger partial charge in [-0.2, -0.15) is 0 Å². The van der Waals surface area contributed by atoms with Crippen LogP contribution in [0.1, 0.15) is 6.42 Å². The Hall–Kier alpha value is -1.36. The minimum atomic E-state index is -0.615. The Balaban J connectivity index is 1.79. The standard InChI is InChI=1S/C15H20F2N2O/c16-9-13(10-17)18-6-7-19-12(11-18)5-8-20-15-4-2-1-3-14(15)19/h1-4,12-13H,5-11H2/t12-/m0/s1. The van der Waals surface area contributed by atoms with Crippen molar-refractivity contribution in [1.82, 2.24) is 4.90 Å². The van der Waals surface area contributed by atoms with Crippen molar-refractivity contribution in [3.63, 3.8) is 0 Å². The van der Waals surface area contributed by atoms with Gasteiger partial charge in [-0.1, -0.05) is 12.1 Å². The Labute approximate surface area is 118 Å². The number of fused-ring (bicyclic) bond motifs is 3. The highest BCUT2D eigenvalue weighted by Gasteiger charge is 2.33. The van der Waals surface area contributed by atoms with Gasteiger partial charge in [-0.3, -0.25) is 4.90 Å². The summed E-state index contributed by atoms with van der Waals surface area (Å²) in [6, 6.07) is 7.70. The number of nitrogens with zero attached hydrogens (tertiary/aromatic N) is 2. The van der Waals surface area contributed by atoms with Crippen molar-refractivity contribution in [3.05, 3.63) is 24.3 Å². The molecule has 0 spiro atoms. The highest BCUT2D eigenvalue weighted by molar-refractivity contribution is 5.60. The van der Waals surface area contributed by atoms with Crippen molar-refractivity contribution in [3.8, 4) is 5.75 Å². The van der Waals surface area contributed by atoms with Crippen LogP contribution in [0.15, 0.2) is 24.3 Å². The number of anilines is 1. The summed E-state index contributed by atoms with van der Waals surface area (Å²) in [6.07, 6.45) is 0.885. The van der Waals surface area contributed by atoms with Crippen LogP contribution in [0.3, 0.4) is 0 Å². The molecule has 0 saturated carbocycles. The largest absolute Gasteiger partial charge is 0.491 e. The van der Waals surface area contributed by atoms with Crippen LogP contribution >= 0.6 is 0 Å². The summed E-state index contributed by atoms with van der Waals surface area (Å²) < 4.78 is 31.5. The van der Waals surface area contributed by atoms with Crippen molar-refractivity contribution in [1.29, 1.82) is 0 Å². The monoisotopic (exact) mass is 282 g/mol. The topological polar surface area (TPSA) is 15.7 Å². The maximum absolute atomic E-state index is 12.9. The Morgan fingerprint density at radius 3 is 2.80 bits per heavy atom. The lowest BCUT2D eigenvalue weighted by Gasteiger charge is -2.43. The van der Waals surface area contributed by atoms with E-state index < -0.39 is 19.4 Å². The highest BCUT2D eigenvalue weighted by atomic mass is 19.1. The van der Waals surface area contributed by atoms with Crippen LogP contribution in [-0.2, 0) is 0 Å². The molecule has 5 heteroatoms. The first-order valence-corrected chi connectivity index (χ1v) is 7.18. The molecule has 0 unspecified atom stereocenters. The number of hydrogen-bond donors (Lipinski definition) is 0. The van der Waals surface area contributed by atoms with E-state index in [1.807, 2.05) is 23.1 Å². The molecule has 0 N–H and O–H groups in total. The predicted octanol–water partition coefficient (Wildman–Crippen LogP) is 2.27. The van der Waals surface area contributed by atoms with E-state index in [1.54, 1.807) is 0 Å². The first-order valence-electron chi connectivity index (χ1n) is 7.18. The zero-order valence-electron chi connectivity index (χ0n) is 11.5. The number of halogens is 2. The number of rotatable bonds is 3. The van der Waals surface area contributed by atoms with E-state index in [2.05, 4.69) is 11.0 Å². The molecule has 2 heterocycles. The summed E-state index contributed by atoms with van der Waals surface area (Å²) in [5, 5.41) is 0. The minimum absolute atomic E-state index is 0.271. The maximum Gasteiger partial charge on any atom is 0.142 e. The lowest BCUT2D eigenvalue weighted by Crippen LogP contribution is -2.57. The van der Waals surface area contributed by atoms with Crippen LogP contribution in [0, 0.1) is 0 Å². The lowest BCUT2D eigenvalue weighted by atomic mass is 10.1. The van der Waals surface area contributed by atoms with Crippen molar-refractivity contribution >= 4 is 5.69 Å². The summed E-state index contributed by atoms with van der Waals surface area (Å²) in [5.41, 5.74) is 1.10. The Kier molecular flexibility index (Phi) is 4.05. The number of ether oxygens (including phenoxy) is 1. The summed E-state index contributed by atoms with van der Waals surface area (Å²) >= 11 is 0. The van der Waals surface area contributed by atoms with Crippen LogP contribution in [0.4, 0.5) is 14.5 Å². The van der Waals surface area contributed by atoms with Crippen LogP contribution in [0.2, 0.25) is 0 Å². The molecule has 3 nitrogen and oxygen atoms in total. The number of benzene rings is 1. The Morgan fingerprint density at radius 2 is 2.00 bits per heavy atom. The first-order chi connectivity index (χ1) is 9.83. The minimum Gasteiger partial charge on any atom is -0.491 e. The molecule has 0 aliphatic carbocycles. The van der Waals surface area contributed by atoms with E-state index in [-0.39, 0.29) is 6.04 Å². The van der Waals surface area contributed by atoms with Gasteiger partial charge in [0, 0.05) is 32.1 Å². The number of alkyl halides is 2. The van der Waals surface area contributed by atoms with Gasteiger partial charge in [0.1, 0.15) is 19.1 Å². The van der Waals surface area contributed by atoms with Crippen LogP contribution in [0.25, 0.3) is 0 Å². The summed E-state index contributed by atoms with van der Waals surface area (Å²) in [4.78, 5) is 4.27. The molecule has 0 radical (unpaired) electrons. The third kappa shape index (κ3) is 2.46. The third-order valence-electron chi connectivity index (χ3n) is 4.27. The van der Waals surface area contributed by atoms with Crippen LogP contribution in [-0.4, -0.2) is 56.6 Å². The molecule has 20 heavy (non-hydrogen) atoms. The SMILES string of the molecule is FCC(CF)N1CCN2c3ccccc3OCC[C@H]2C1. The van der Waals surface area contributed by atoms with Crippen molar-refractivity contribution in [2.45, 2.75) is 18.5 Å². The van der Waals surface area contributed by atoms with Gasteiger partial charge in [-0.05, 0) is 12.1 Å². The maximum atomic E-state index is 12.9. The normalized spacial score (nSPS) is 22.9. The smallest absolute Gasteiger partial charge is 0.142 e. The Morgan fingerprint density at radius 1 is 1.20 bits per heavy atom. The first kappa shape index (κ1) is 13.6. The van der Waals surface area contributed by atoms with Gasteiger partial charge in [-0.15, -0.1) is 0 Å². The number of para-hydroxylation sites is 2. The molecule has 0 aromatic heterocycles. The number of hydrogen-bond acceptors (Lipinski definition) is 3. The van der Waals surface area contributed by atoms with Gasteiger partial charge >= 0.3 is 0 Å². The predicted molar refractivity (Wildman–Crippen MR) is 75.0 cm³/mol. The zero-order valence-corrected chi connectivity index (χ0v) is 11.5. The van der Waals surface area contributed by atoms with Gasteiger partial charge in [0.2, 0.25) is 0 Å². The van der Waals surface area contributed by atoms with Crippen LogP contribution < -0.4 is 9.64 Å². The molecule has 3 rings (SSSR count). The molecule has 1 aromatic rings.